The Hall–Kier alpha value is -1.88. The summed E-state index contributed by atoms with van der Waals surface area (Å²) in [6.45, 7) is 9.70. The zero-order chi connectivity index (χ0) is 23.2. The van der Waals surface area contributed by atoms with Crippen molar-refractivity contribution in [3.05, 3.63) is 69.2 Å². The lowest BCUT2D eigenvalue weighted by Gasteiger charge is -2.24. The SMILES string of the molecule is Cc1cccc(Cl)c1CC(=O)NC(CO)Cc1c(CCC(C)(C)O)cccc1C(C)C. The first-order valence-electron chi connectivity index (χ1n) is 11.0. The van der Waals surface area contributed by atoms with Crippen LogP contribution in [0, 0.1) is 6.92 Å². The summed E-state index contributed by atoms with van der Waals surface area (Å²) < 4.78 is 0. The van der Waals surface area contributed by atoms with Gasteiger partial charge in [0, 0.05) is 5.02 Å². The molecule has 1 atom stereocenters. The summed E-state index contributed by atoms with van der Waals surface area (Å²) in [5.74, 6) is 0.160. The smallest absolute Gasteiger partial charge is 0.224 e. The number of hydrogen-bond donors (Lipinski definition) is 3. The molecule has 0 aliphatic heterocycles. The second-order valence-electron chi connectivity index (χ2n) is 9.32. The lowest BCUT2D eigenvalue weighted by molar-refractivity contribution is -0.121. The maximum atomic E-state index is 12.7. The number of amides is 1. The van der Waals surface area contributed by atoms with Crippen molar-refractivity contribution >= 4 is 17.5 Å². The zero-order valence-corrected chi connectivity index (χ0v) is 20.1. The number of rotatable bonds is 10. The fraction of sp³-hybridized carbons (Fsp3) is 0.500. The molecule has 1 amide bonds. The monoisotopic (exact) mass is 445 g/mol. The van der Waals surface area contributed by atoms with E-state index in [0.717, 1.165) is 28.7 Å². The molecule has 0 bridgehead atoms. The van der Waals surface area contributed by atoms with Gasteiger partial charge in [0.15, 0.2) is 0 Å². The van der Waals surface area contributed by atoms with E-state index in [4.69, 9.17) is 11.6 Å². The highest BCUT2D eigenvalue weighted by Crippen LogP contribution is 2.27. The third kappa shape index (κ3) is 7.64. The van der Waals surface area contributed by atoms with Crippen molar-refractivity contribution in [1.82, 2.24) is 5.32 Å². The maximum absolute atomic E-state index is 12.7. The second kappa shape index (κ2) is 11.1. The second-order valence-corrected chi connectivity index (χ2v) is 9.72. The van der Waals surface area contributed by atoms with E-state index >= 15 is 0 Å². The molecule has 0 saturated heterocycles. The molecule has 0 fully saturated rings. The number of hydrogen-bond acceptors (Lipinski definition) is 3. The van der Waals surface area contributed by atoms with Crippen molar-refractivity contribution in [1.29, 1.82) is 0 Å². The summed E-state index contributed by atoms with van der Waals surface area (Å²) in [6, 6.07) is 11.4. The molecule has 0 aliphatic rings. The predicted octanol–water partition coefficient (Wildman–Crippen LogP) is 4.74. The first kappa shape index (κ1) is 25.4. The number of carbonyl (C=O) groups excluding carboxylic acids is 1. The standard InChI is InChI=1S/C26H36ClNO3/c1-17(2)21-10-7-9-19(12-13-26(4,5)31)23(21)14-20(16-29)28-25(30)15-22-18(3)8-6-11-24(22)27/h6-11,17,20,29,31H,12-16H2,1-5H3,(H,28,30). The fourth-order valence-electron chi connectivity index (χ4n) is 3.86. The van der Waals surface area contributed by atoms with Crippen LogP contribution in [0.4, 0.5) is 0 Å². The average molecular weight is 446 g/mol. The average Bonchev–Trinajstić information content (AvgIpc) is 2.68. The van der Waals surface area contributed by atoms with Crippen molar-refractivity contribution in [2.45, 2.75) is 77.9 Å². The molecule has 2 rings (SSSR count). The van der Waals surface area contributed by atoms with Crippen LogP contribution in [0.1, 0.15) is 67.9 Å². The Morgan fingerprint density at radius 2 is 1.81 bits per heavy atom. The molecule has 0 aromatic heterocycles. The minimum absolute atomic E-state index is 0.148. The van der Waals surface area contributed by atoms with Gasteiger partial charge in [-0.15, -0.1) is 0 Å². The van der Waals surface area contributed by atoms with Gasteiger partial charge in [0.1, 0.15) is 0 Å². The summed E-state index contributed by atoms with van der Waals surface area (Å²) in [5, 5.41) is 23.7. The summed E-state index contributed by atoms with van der Waals surface area (Å²) in [7, 11) is 0. The van der Waals surface area contributed by atoms with Gasteiger partial charge in [-0.3, -0.25) is 4.79 Å². The van der Waals surface area contributed by atoms with Crippen molar-refractivity contribution in [2.24, 2.45) is 0 Å². The van der Waals surface area contributed by atoms with Gasteiger partial charge in [0.05, 0.1) is 24.7 Å². The molecule has 3 N–H and O–H groups in total. The summed E-state index contributed by atoms with van der Waals surface area (Å²) >= 11 is 6.27. The molecule has 0 radical (unpaired) electrons. The molecule has 2 aromatic rings. The van der Waals surface area contributed by atoms with E-state index in [-0.39, 0.29) is 18.9 Å². The lowest BCUT2D eigenvalue weighted by Crippen LogP contribution is -2.40. The van der Waals surface area contributed by atoms with Crippen LogP contribution in [0.2, 0.25) is 5.02 Å². The topological polar surface area (TPSA) is 69.6 Å². The molecule has 170 valence electrons. The van der Waals surface area contributed by atoms with Gasteiger partial charge in [0.25, 0.3) is 0 Å². The highest BCUT2D eigenvalue weighted by molar-refractivity contribution is 6.31. The first-order valence-corrected chi connectivity index (χ1v) is 11.4. The van der Waals surface area contributed by atoms with E-state index < -0.39 is 11.6 Å². The molecule has 1 unspecified atom stereocenters. The first-order chi connectivity index (χ1) is 14.5. The number of aliphatic hydroxyl groups is 2. The van der Waals surface area contributed by atoms with E-state index in [2.05, 4.69) is 31.3 Å². The number of halogens is 1. The number of nitrogens with one attached hydrogen (secondary N) is 1. The Morgan fingerprint density at radius 1 is 1.13 bits per heavy atom. The molecule has 0 spiro atoms. The van der Waals surface area contributed by atoms with E-state index in [1.807, 2.05) is 39.0 Å². The lowest BCUT2D eigenvalue weighted by atomic mass is 9.86. The van der Waals surface area contributed by atoms with Crippen molar-refractivity contribution in [3.63, 3.8) is 0 Å². The molecule has 0 heterocycles. The van der Waals surface area contributed by atoms with Crippen molar-refractivity contribution in [3.8, 4) is 0 Å². The van der Waals surface area contributed by atoms with Crippen molar-refractivity contribution in [2.75, 3.05) is 6.61 Å². The predicted molar refractivity (Wildman–Crippen MR) is 128 cm³/mol. The minimum atomic E-state index is -0.748. The van der Waals surface area contributed by atoms with Gasteiger partial charge in [0.2, 0.25) is 5.91 Å². The molecule has 31 heavy (non-hydrogen) atoms. The van der Waals surface area contributed by atoms with Crippen LogP contribution in [0.5, 0.6) is 0 Å². The largest absolute Gasteiger partial charge is 0.394 e. The summed E-state index contributed by atoms with van der Waals surface area (Å²) in [6.07, 6.45) is 2.10. The van der Waals surface area contributed by atoms with Gasteiger partial charge in [-0.05, 0) is 79.8 Å². The third-order valence-corrected chi connectivity index (χ3v) is 6.02. The number of aliphatic hydroxyl groups excluding tert-OH is 1. The van der Waals surface area contributed by atoms with Crippen LogP contribution in [0.25, 0.3) is 0 Å². The van der Waals surface area contributed by atoms with Crippen LogP contribution >= 0.6 is 11.6 Å². The van der Waals surface area contributed by atoms with Crippen molar-refractivity contribution < 1.29 is 15.0 Å². The molecular formula is C26H36ClNO3. The van der Waals surface area contributed by atoms with Gasteiger partial charge >= 0.3 is 0 Å². The van der Waals surface area contributed by atoms with Crippen LogP contribution < -0.4 is 5.32 Å². The normalized spacial score (nSPS) is 12.8. The number of benzene rings is 2. The Bertz CT molecular complexity index is 866. The van der Waals surface area contributed by atoms with E-state index in [1.54, 1.807) is 6.07 Å². The molecular weight excluding hydrogens is 410 g/mol. The number of aryl methyl sites for hydroxylation is 2. The maximum Gasteiger partial charge on any atom is 0.224 e. The molecule has 0 aliphatic carbocycles. The van der Waals surface area contributed by atoms with E-state index in [1.165, 1.54) is 5.56 Å². The molecule has 5 heteroatoms. The van der Waals surface area contributed by atoms with E-state index in [9.17, 15) is 15.0 Å². The number of carbonyl (C=O) groups is 1. The highest BCUT2D eigenvalue weighted by Gasteiger charge is 2.20. The van der Waals surface area contributed by atoms with E-state index in [0.29, 0.717) is 23.8 Å². The van der Waals surface area contributed by atoms with Crippen LogP contribution in [-0.4, -0.2) is 34.4 Å². The van der Waals surface area contributed by atoms with Crippen LogP contribution in [0.3, 0.4) is 0 Å². The van der Waals surface area contributed by atoms with Gasteiger partial charge in [-0.2, -0.15) is 0 Å². The summed E-state index contributed by atoms with van der Waals surface area (Å²) in [4.78, 5) is 12.7. The zero-order valence-electron chi connectivity index (χ0n) is 19.3. The fourth-order valence-corrected chi connectivity index (χ4v) is 4.14. The quantitative estimate of drug-likeness (QED) is 0.494. The van der Waals surface area contributed by atoms with Gasteiger partial charge in [-0.25, -0.2) is 0 Å². The molecule has 2 aromatic carbocycles. The van der Waals surface area contributed by atoms with Gasteiger partial charge in [-0.1, -0.05) is 55.8 Å². The third-order valence-electron chi connectivity index (χ3n) is 5.66. The van der Waals surface area contributed by atoms with Crippen LogP contribution in [0.15, 0.2) is 36.4 Å². The summed E-state index contributed by atoms with van der Waals surface area (Å²) in [5.41, 5.74) is 4.55. The Kier molecular flexibility index (Phi) is 9.11. The Labute approximate surface area is 191 Å². The van der Waals surface area contributed by atoms with Crippen LogP contribution in [-0.2, 0) is 24.1 Å². The minimum Gasteiger partial charge on any atom is -0.394 e. The molecule has 4 nitrogen and oxygen atoms in total. The highest BCUT2D eigenvalue weighted by atomic mass is 35.5. The Morgan fingerprint density at radius 3 is 2.39 bits per heavy atom. The van der Waals surface area contributed by atoms with Gasteiger partial charge < -0.3 is 15.5 Å². The molecule has 0 saturated carbocycles. The Balaban J connectivity index is 2.20.